The number of amides is 1. The maximum Gasteiger partial charge on any atom is 0.336 e. The molecule has 1 aliphatic rings. The van der Waals surface area contributed by atoms with E-state index in [0.717, 1.165) is 24.0 Å². The molecule has 1 aromatic heterocycles. The number of hydrogen-bond donors (Lipinski definition) is 2. The summed E-state index contributed by atoms with van der Waals surface area (Å²) in [5.74, 6) is -0.885. The van der Waals surface area contributed by atoms with Crippen LogP contribution in [0.4, 0.5) is 0 Å². The molecular formula is C21H20N4O3. The smallest absolute Gasteiger partial charge is 0.336 e. The topological polar surface area (TPSA) is 97.1 Å². The van der Waals surface area contributed by atoms with Crippen molar-refractivity contribution in [2.45, 2.75) is 25.4 Å². The van der Waals surface area contributed by atoms with Gasteiger partial charge in [0.1, 0.15) is 0 Å². The number of carbonyl (C=O) groups excluding carboxylic acids is 1. The molecule has 1 fully saturated rings. The SMILES string of the molecule is O=C(O)c1ccccc1-c1ccc(CNC(=O)C2CC(n3ccnn3)C2)cc1. The van der Waals surface area contributed by atoms with Gasteiger partial charge in [-0.25, -0.2) is 9.48 Å². The van der Waals surface area contributed by atoms with Gasteiger partial charge >= 0.3 is 5.97 Å². The van der Waals surface area contributed by atoms with Crippen LogP contribution in [-0.4, -0.2) is 32.0 Å². The van der Waals surface area contributed by atoms with E-state index in [1.807, 2.05) is 36.5 Å². The first kappa shape index (κ1) is 17.9. The average Bonchev–Trinajstić information content (AvgIpc) is 3.20. The maximum absolute atomic E-state index is 12.3. The second kappa shape index (κ2) is 7.64. The van der Waals surface area contributed by atoms with Gasteiger partial charge in [-0.15, -0.1) is 5.10 Å². The zero-order valence-electron chi connectivity index (χ0n) is 15.2. The molecule has 0 saturated heterocycles. The first-order valence-electron chi connectivity index (χ1n) is 9.17. The Hall–Kier alpha value is -3.48. The predicted octanol–water partition coefficient (Wildman–Crippen LogP) is 2.91. The van der Waals surface area contributed by atoms with E-state index in [9.17, 15) is 14.7 Å². The number of aromatic nitrogens is 3. The highest BCUT2D eigenvalue weighted by Gasteiger charge is 2.35. The van der Waals surface area contributed by atoms with E-state index in [4.69, 9.17) is 0 Å². The summed E-state index contributed by atoms with van der Waals surface area (Å²) in [6.07, 6.45) is 5.02. The maximum atomic E-state index is 12.3. The summed E-state index contributed by atoms with van der Waals surface area (Å²) < 4.78 is 1.80. The highest BCUT2D eigenvalue weighted by Crippen LogP contribution is 2.37. The standard InChI is InChI=1S/C21H20N4O3/c26-20(16-11-17(12-16)25-10-9-23-24-25)22-13-14-5-7-15(8-6-14)18-3-1-2-4-19(18)21(27)28/h1-10,16-17H,11-13H2,(H,22,26)(H,27,28). The van der Waals surface area contributed by atoms with Gasteiger partial charge in [0.15, 0.2) is 0 Å². The molecule has 2 N–H and O–H groups in total. The normalized spacial score (nSPS) is 18.3. The number of hydrogen-bond acceptors (Lipinski definition) is 4. The lowest BCUT2D eigenvalue weighted by Crippen LogP contribution is -2.39. The summed E-state index contributed by atoms with van der Waals surface area (Å²) in [7, 11) is 0. The first-order chi connectivity index (χ1) is 13.6. The summed E-state index contributed by atoms with van der Waals surface area (Å²) in [6.45, 7) is 0.449. The fourth-order valence-corrected chi connectivity index (χ4v) is 3.49. The number of carboxylic acids is 1. The van der Waals surface area contributed by atoms with E-state index in [-0.39, 0.29) is 23.4 Å². The molecule has 2 aromatic carbocycles. The second-order valence-corrected chi connectivity index (χ2v) is 6.97. The molecule has 0 atom stereocenters. The molecule has 0 bridgehead atoms. The lowest BCUT2D eigenvalue weighted by molar-refractivity contribution is -0.129. The third kappa shape index (κ3) is 3.64. The lowest BCUT2D eigenvalue weighted by Gasteiger charge is -2.33. The largest absolute Gasteiger partial charge is 0.478 e. The molecule has 0 unspecified atom stereocenters. The molecule has 1 heterocycles. The van der Waals surface area contributed by atoms with Crippen LogP contribution in [-0.2, 0) is 11.3 Å². The van der Waals surface area contributed by atoms with Crippen LogP contribution in [0, 0.1) is 5.92 Å². The molecule has 4 rings (SSSR count). The first-order valence-corrected chi connectivity index (χ1v) is 9.17. The van der Waals surface area contributed by atoms with Gasteiger partial charge in [0.2, 0.25) is 5.91 Å². The quantitative estimate of drug-likeness (QED) is 0.689. The molecular weight excluding hydrogens is 356 g/mol. The minimum atomic E-state index is -0.948. The van der Waals surface area contributed by atoms with Gasteiger partial charge < -0.3 is 10.4 Å². The van der Waals surface area contributed by atoms with E-state index in [1.165, 1.54) is 0 Å². The number of carbonyl (C=O) groups is 2. The molecule has 28 heavy (non-hydrogen) atoms. The van der Waals surface area contributed by atoms with Crippen LogP contribution >= 0.6 is 0 Å². The van der Waals surface area contributed by atoms with Crippen molar-refractivity contribution in [1.82, 2.24) is 20.3 Å². The van der Waals surface area contributed by atoms with Crippen molar-refractivity contribution >= 4 is 11.9 Å². The molecule has 142 valence electrons. The van der Waals surface area contributed by atoms with Gasteiger partial charge in [-0.05, 0) is 35.6 Å². The Morgan fingerprint density at radius 1 is 1.11 bits per heavy atom. The average molecular weight is 376 g/mol. The summed E-state index contributed by atoms with van der Waals surface area (Å²) in [5.41, 5.74) is 2.76. The van der Waals surface area contributed by atoms with Crippen LogP contribution in [0.15, 0.2) is 60.9 Å². The zero-order chi connectivity index (χ0) is 19.5. The molecule has 3 aromatic rings. The van der Waals surface area contributed by atoms with Gasteiger partial charge in [-0.1, -0.05) is 47.7 Å². The molecule has 0 aliphatic heterocycles. The Bertz CT molecular complexity index is 977. The van der Waals surface area contributed by atoms with Crippen LogP contribution in [0.5, 0.6) is 0 Å². The number of rotatable bonds is 6. The number of benzene rings is 2. The number of nitrogens with one attached hydrogen (secondary N) is 1. The Kier molecular flexibility index (Phi) is 4.89. The zero-order valence-corrected chi connectivity index (χ0v) is 15.2. The van der Waals surface area contributed by atoms with Gasteiger partial charge in [0, 0.05) is 18.7 Å². The molecule has 0 spiro atoms. The molecule has 7 heteroatoms. The van der Waals surface area contributed by atoms with Crippen molar-refractivity contribution in [2.24, 2.45) is 5.92 Å². The third-order valence-corrected chi connectivity index (χ3v) is 5.19. The molecule has 7 nitrogen and oxygen atoms in total. The van der Waals surface area contributed by atoms with Crippen molar-refractivity contribution < 1.29 is 14.7 Å². The van der Waals surface area contributed by atoms with Crippen molar-refractivity contribution in [3.8, 4) is 11.1 Å². The van der Waals surface area contributed by atoms with Gasteiger partial charge in [-0.2, -0.15) is 0 Å². The van der Waals surface area contributed by atoms with Gasteiger partial charge in [0.05, 0.1) is 17.8 Å². The molecule has 0 radical (unpaired) electrons. The Labute approximate surface area is 162 Å². The highest BCUT2D eigenvalue weighted by molar-refractivity contribution is 5.96. The number of carboxylic acid groups (broad SMARTS) is 1. The van der Waals surface area contributed by atoms with Crippen molar-refractivity contribution in [1.29, 1.82) is 0 Å². The van der Waals surface area contributed by atoms with E-state index in [0.29, 0.717) is 12.1 Å². The van der Waals surface area contributed by atoms with E-state index >= 15 is 0 Å². The molecule has 1 amide bonds. The van der Waals surface area contributed by atoms with E-state index < -0.39 is 5.97 Å². The summed E-state index contributed by atoms with van der Waals surface area (Å²) in [4.78, 5) is 23.7. The van der Waals surface area contributed by atoms with Crippen LogP contribution < -0.4 is 5.32 Å². The molecule has 1 saturated carbocycles. The van der Waals surface area contributed by atoms with Crippen LogP contribution in [0.25, 0.3) is 11.1 Å². The third-order valence-electron chi connectivity index (χ3n) is 5.19. The van der Waals surface area contributed by atoms with Crippen LogP contribution in [0.2, 0.25) is 0 Å². The van der Waals surface area contributed by atoms with Crippen molar-refractivity contribution in [2.75, 3.05) is 0 Å². The number of aromatic carboxylic acids is 1. The van der Waals surface area contributed by atoms with E-state index in [1.54, 1.807) is 29.1 Å². The minimum absolute atomic E-state index is 0.0101. The Morgan fingerprint density at radius 2 is 1.86 bits per heavy atom. The van der Waals surface area contributed by atoms with E-state index in [2.05, 4.69) is 15.6 Å². The predicted molar refractivity (Wildman–Crippen MR) is 102 cm³/mol. The van der Waals surface area contributed by atoms with Gasteiger partial charge in [-0.3, -0.25) is 4.79 Å². The molecule has 1 aliphatic carbocycles. The van der Waals surface area contributed by atoms with Crippen molar-refractivity contribution in [3.05, 3.63) is 72.1 Å². The summed E-state index contributed by atoms with van der Waals surface area (Å²) in [5, 5.41) is 20.1. The Morgan fingerprint density at radius 3 is 2.54 bits per heavy atom. The minimum Gasteiger partial charge on any atom is -0.478 e. The second-order valence-electron chi connectivity index (χ2n) is 6.97. The van der Waals surface area contributed by atoms with Crippen LogP contribution in [0.3, 0.4) is 0 Å². The lowest BCUT2D eigenvalue weighted by atomic mass is 9.79. The monoisotopic (exact) mass is 376 g/mol. The van der Waals surface area contributed by atoms with Crippen molar-refractivity contribution in [3.63, 3.8) is 0 Å². The summed E-state index contributed by atoms with van der Waals surface area (Å²) in [6, 6.07) is 14.8. The van der Waals surface area contributed by atoms with Crippen LogP contribution in [0.1, 0.15) is 34.8 Å². The highest BCUT2D eigenvalue weighted by atomic mass is 16.4. The summed E-state index contributed by atoms with van der Waals surface area (Å²) >= 11 is 0. The Balaban J connectivity index is 1.33. The van der Waals surface area contributed by atoms with Gasteiger partial charge in [0.25, 0.3) is 0 Å². The fourth-order valence-electron chi connectivity index (χ4n) is 3.49. The number of nitrogens with zero attached hydrogens (tertiary/aromatic N) is 3. The fraction of sp³-hybridized carbons (Fsp3) is 0.238.